The van der Waals surface area contributed by atoms with Crippen LogP contribution in [0.4, 0.5) is 4.79 Å². The van der Waals surface area contributed by atoms with Crippen molar-refractivity contribution >= 4 is 23.9 Å². The lowest BCUT2D eigenvalue weighted by Crippen LogP contribution is -2.42. The highest BCUT2D eigenvalue weighted by atomic mass is 16.5. The lowest BCUT2D eigenvalue weighted by atomic mass is 9.98. The molecule has 1 aliphatic rings. The molecule has 0 radical (unpaired) electrons. The Kier molecular flexibility index (Phi) is 7.05. The van der Waals surface area contributed by atoms with Gasteiger partial charge in [0.2, 0.25) is 11.8 Å². The molecule has 4 N–H and O–H groups in total. The number of carboxylic acids is 1. The molecule has 3 amide bonds. The monoisotopic (exact) mass is 478 g/mol. The van der Waals surface area contributed by atoms with Crippen molar-refractivity contribution in [2.45, 2.75) is 12.5 Å². The van der Waals surface area contributed by atoms with E-state index in [0.29, 0.717) is 0 Å². The standard InChI is InChI=1S/C24H22N4O7/c29-20(25-9-19-22(23(31)32)28-13-35-19)10-26-21(30)11-27-24(33)34-12-18-16-7-3-1-5-14(16)15-6-2-4-8-17(15)18/h1-8,13,18H,9-12H2,(H,25,29)(H,26,30)(H,27,33)(H,31,32). The summed E-state index contributed by atoms with van der Waals surface area (Å²) in [5.41, 5.74) is 4.06. The van der Waals surface area contributed by atoms with Crippen molar-refractivity contribution in [2.24, 2.45) is 0 Å². The van der Waals surface area contributed by atoms with Gasteiger partial charge in [0.15, 0.2) is 17.8 Å². The number of aromatic nitrogens is 1. The number of hydrogen-bond acceptors (Lipinski definition) is 7. The van der Waals surface area contributed by atoms with E-state index in [-0.39, 0.29) is 43.6 Å². The minimum atomic E-state index is -1.28. The van der Waals surface area contributed by atoms with Crippen molar-refractivity contribution in [3.05, 3.63) is 77.5 Å². The van der Waals surface area contributed by atoms with Gasteiger partial charge < -0.3 is 30.2 Å². The molecule has 11 nitrogen and oxygen atoms in total. The highest BCUT2D eigenvalue weighted by Crippen LogP contribution is 2.44. The number of nitrogens with zero attached hydrogens (tertiary/aromatic N) is 1. The van der Waals surface area contributed by atoms with Gasteiger partial charge >= 0.3 is 12.1 Å². The van der Waals surface area contributed by atoms with E-state index in [4.69, 9.17) is 14.3 Å². The third-order valence-electron chi connectivity index (χ3n) is 5.47. The van der Waals surface area contributed by atoms with E-state index in [9.17, 15) is 19.2 Å². The molecule has 3 aromatic rings. The SMILES string of the molecule is O=C(CNC(=O)CNC(=O)OCC1c2ccccc2-c2ccccc21)NCc1ocnc1C(=O)O. The third-order valence-corrected chi connectivity index (χ3v) is 5.47. The third kappa shape index (κ3) is 5.46. The molecule has 180 valence electrons. The van der Waals surface area contributed by atoms with Crippen LogP contribution in [0.25, 0.3) is 11.1 Å². The fraction of sp³-hybridized carbons (Fsp3) is 0.208. The van der Waals surface area contributed by atoms with Crippen molar-refractivity contribution < 1.29 is 33.4 Å². The number of fused-ring (bicyclic) bond motifs is 3. The molecule has 11 heteroatoms. The highest BCUT2D eigenvalue weighted by molar-refractivity contribution is 5.88. The molecule has 0 unspecified atom stereocenters. The number of nitrogens with one attached hydrogen (secondary N) is 3. The predicted octanol–water partition coefficient (Wildman–Crippen LogP) is 1.64. The number of benzene rings is 2. The average Bonchev–Trinajstić information content (AvgIpc) is 3.46. The average molecular weight is 478 g/mol. The van der Waals surface area contributed by atoms with Crippen molar-refractivity contribution in [3.8, 4) is 11.1 Å². The lowest BCUT2D eigenvalue weighted by Gasteiger charge is -2.14. The molecule has 2 aromatic carbocycles. The summed E-state index contributed by atoms with van der Waals surface area (Å²) in [6.45, 7) is -0.838. The number of ether oxygens (including phenoxy) is 1. The largest absolute Gasteiger partial charge is 0.476 e. The summed E-state index contributed by atoms with van der Waals surface area (Å²) in [6.07, 6.45) is 0.208. The zero-order chi connectivity index (χ0) is 24.8. The molecule has 0 aliphatic heterocycles. The van der Waals surface area contributed by atoms with Gasteiger partial charge in [-0.15, -0.1) is 0 Å². The van der Waals surface area contributed by atoms with Crippen molar-refractivity contribution in [2.75, 3.05) is 19.7 Å². The number of aromatic carboxylic acids is 1. The summed E-state index contributed by atoms with van der Waals surface area (Å²) in [4.78, 5) is 50.4. The van der Waals surface area contributed by atoms with Crippen LogP contribution in [-0.4, -0.2) is 53.7 Å². The first-order valence-corrected chi connectivity index (χ1v) is 10.7. The Morgan fingerprint density at radius 3 is 2.14 bits per heavy atom. The predicted molar refractivity (Wildman–Crippen MR) is 121 cm³/mol. The molecule has 1 aliphatic carbocycles. The maximum atomic E-state index is 12.1. The summed E-state index contributed by atoms with van der Waals surface area (Å²) in [5, 5.41) is 16.1. The van der Waals surface area contributed by atoms with Gasteiger partial charge in [-0.3, -0.25) is 9.59 Å². The first-order chi connectivity index (χ1) is 16.9. The van der Waals surface area contributed by atoms with E-state index in [0.717, 1.165) is 28.6 Å². The van der Waals surface area contributed by atoms with Crippen LogP contribution < -0.4 is 16.0 Å². The summed E-state index contributed by atoms with van der Waals surface area (Å²) in [5.74, 6) is -2.58. The molecule has 0 atom stereocenters. The number of carboxylic acid groups (broad SMARTS) is 1. The normalized spacial score (nSPS) is 11.8. The minimum absolute atomic E-state index is 0.0194. The van der Waals surface area contributed by atoms with Gasteiger partial charge in [-0.05, 0) is 22.3 Å². The maximum Gasteiger partial charge on any atom is 0.407 e. The first-order valence-electron chi connectivity index (χ1n) is 10.7. The number of oxazole rings is 1. The molecule has 1 heterocycles. The number of hydrogen-bond donors (Lipinski definition) is 4. The maximum absolute atomic E-state index is 12.1. The van der Waals surface area contributed by atoms with Crippen LogP contribution in [0.5, 0.6) is 0 Å². The van der Waals surface area contributed by atoms with Crippen molar-refractivity contribution in [1.29, 1.82) is 0 Å². The molecule has 0 saturated heterocycles. The summed E-state index contributed by atoms with van der Waals surface area (Å²) < 4.78 is 10.3. The molecule has 0 fully saturated rings. The van der Waals surface area contributed by atoms with Gasteiger partial charge in [0, 0.05) is 5.92 Å². The minimum Gasteiger partial charge on any atom is -0.476 e. The number of amides is 3. The number of rotatable bonds is 9. The van der Waals surface area contributed by atoms with Crippen molar-refractivity contribution in [3.63, 3.8) is 0 Å². The molecular formula is C24H22N4O7. The first kappa shape index (κ1) is 23.5. The fourth-order valence-corrected chi connectivity index (χ4v) is 3.85. The number of carbonyl (C=O) groups excluding carboxylic acids is 3. The summed E-state index contributed by atoms with van der Waals surface area (Å²) >= 11 is 0. The molecule has 0 saturated carbocycles. The van der Waals surface area contributed by atoms with E-state index >= 15 is 0 Å². The fourth-order valence-electron chi connectivity index (χ4n) is 3.85. The van der Waals surface area contributed by atoms with Crippen LogP contribution in [-0.2, 0) is 20.9 Å². The Morgan fingerprint density at radius 1 is 0.886 bits per heavy atom. The van der Waals surface area contributed by atoms with Gasteiger partial charge in [-0.2, -0.15) is 0 Å². The Bertz CT molecular complexity index is 1220. The quantitative estimate of drug-likeness (QED) is 0.361. The van der Waals surface area contributed by atoms with Crippen LogP contribution in [0.1, 0.15) is 33.3 Å². The Balaban J connectivity index is 1.18. The van der Waals surface area contributed by atoms with Gasteiger partial charge in [0.1, 0.15) is 13.2 Å². The second-order valence-corrected chi connectivity index (χ2v) is 7.66. The van der Waals surface area contributed by atoms with E-state index in [1.165, 1.54) is 0 Å². The van der Waals surface area contributed by atoms with Crippen LogP contribution in [0.3, 0.4) is 0 Å². The molecular weight excluding hydrogens is 456 g/mol. The lowest BCUT2D eigenvalue weighted by molar-refractivity contribution is -0.125. The summed E-state index contributed by atoms with van der Waals surface area (Å²) in [6, 6.07) is 15.9. The zero-order valence-electron chi connectivity index (χ0n) is 18.4. The van der Waals surface area contributed by atoms with Crippen molar-refractivity contribution in [1.82, 2.24) is 20.9 Å². The van der Waals surface area contributed by atoms with Crippen LogP contribution >= 0.6 is 0 Å². The number of carbonyl (C=O) groups is 4. The van der Waals surface area contributed by atoms with E-state index in [2.05, 4.69) is 20.9 Å². The molecule has 35 heavy (non-hydrogen) atoms. The van der Waals surface area contributed by atoms with Gasteiger partial charge in [-0.1, -0.05) is 48.5 Å². The smallest absolute Gasteiger partial charge is 0.407 e. The zero-order valence-corrected chi connectivity index (χ0v) is 18.4. The molecule has 0 bridgehead atoms. The summed E-state index contributed by atoms with van der Waals surface area (Å²) in [7, 11) is 0. The van der Waals surface area contributed by atoms with E-state index < -0.39 is 23.9 Å². The molecule has 1 aromatic heterocycles. The Hall–Kier alpha value is -4.67. The van der Waals surface area contributed by atoms with Crippen LogP contribution in [0, 0.1) is 0 Å². The second-order valence-electron chi connectivity index (χ2n) is 7.66. The topological polar surface area (TPSA) is 160 Å². The van der Waals surface area contributed by atoms with Gasteiger partial charge in [0.05, 0.1) is 13.1 Å². The molecule has 0 spiro atoms. The van der Waals surface area contributed by atoms with Gasteiger partial charge in [0.25, 0.3) is 0 Å². The van der Waals surface area contributed by atoms with Gasteiger partial charge in [-0.25, -0.2) is 14.6 Å². The Labute approximate surface area is 199 Å². The van der Waals surface area contributed by atoms with Crippen LogP contribution in [0.2, 0.25) is 0 Å². The Morgan fingerprint density at radius 2 is 1.49 bits per heavy atom. The molecule has 4 rings (SSSR count). The highest BCUT2D eigenvalue weighted by Gasteiger charge is 2.29. The number of alkyl carbamates (subject to hydrolysis) is 1. The van der Waals surface area contributed by atoms with E-state index in [1.807, 2.05) is 48.5 Å². The van der Waals surface area contributed by atoms with Crippen LogP contribution in [0.15, 0.2) is 59.3 Å². The van der Waals surface area contributed by atoms with E-state index in [1.54, 1.807) is 0 Å². The second kappa shape index (κ2) is 10.5.